The molecule has 2 rings (SSSR count). The van der Waals surface area contributed by atoms with E-state index >= 15 is 0 Å². The van der Waals surface area contributed by atoms with Crippen LogP contribution in [0.1, 0.15) is 37.5 Å². The van der Waals surface area contributed by atoms with E-state index in [4.69, 9.17) is 0 Å². The Labute approximate surface area is 169 Å². The van der Waals surface area contributed by atoms with Gasteiger partial charge < -0.3 is 10.2 Å². The molecule has 0 fully saturated rings. The van der Waals surface area contributed by atoms with Gasteiger partial charge in [0, 0.05) is 13.1 Å². The summed E-state index contributed by atoms with van der Waals surface area (Å²) in [4.78, 5) is 27.5. The van der Waals surface area contributed by atoms with Crippen molar-refractivity contribution in [1.29, 1.82) is 0 Å². The molecule has 0 saturated heterocycles. The molecule has 0 radical (unpaired) electrons. The lowest BCUT2D eigenvalue weighted by Crippen LogP contribution is -2.49. The van der Waals surface area contributed by atoms with Gasteiger partial charge in [-0.2, -0.15) is 0 Å². The molecule has 150 valence electrons. The molecule has 4 nitrogen and oxygen atoms in total. The Hall–Kier alpha value is -2.62. The zero-order valence-electron chi connectivity index (χ0n) is 17.4. The average molecular weight is 381 g/mol. The van der Waals surface area contributed by atoms with Crippen LogP contribution in [0.4, 0.5) is 0 Å². The van der Waals surface area contributed by atoms with Gasteiger partial charge in [0.25, 0.3) is 0 Å². The summed E-state index contributed by atoms with van der Waals surface area (Å²) < 4.78 is 0. The first kappa shape index (κ1) is 21.7. The van der Waals surface area contributed by atoms with Crippen LogP contribution in [0.3, 0.4) is 0 Å². The van der Waals surface area contributed by atoms with Crippen LogP contribution in [0.2, 0.25) is 0 Å². The largest absolute Gasteiger partial charge is 0.354 e. The standard InChI is InChI=1S/C24H32N2O2/c1-18(2)17-25-24(28)20(4)26(15-14-21-11-6-5-7-12-21)23(27)16-22-13-9-8-10-19(22)3/h5-13,18,20H,14-17H2,1-4H3,(H,25,28)/t20-/m1/s1. The molecular formula is C24H32N2O2. The highest BCUT2D eigenvalue weighted by Crippen LogP contribution is 2.13. The van der Waals surface area contributed by atoms with E-state index in [2.05, 4.69) is 19.2 Å². The lowest BCUT2D eigenvalue weighted by molar-refractivity contribution is -0.139. The summed E-state index contributed by atoms with van der Waals surface area (Å²) in [6, 6.07) is 17.5. The molecule has 0 aromatic heterocycles. The summed E-state index contributed by atoms with van der Waals surface area (Å²) in [5, 5.41) is 2.96. The van der Waals surface area contributed by atoms with Crippen LogP contribution in [-0.2, 0) is 22.4 Å². The first-order valence-electron chi connectivity index (χ1n) is 10.0. The Balaban J connectivity index is 2.13. The van der Waals surface area contributed by atoms with Crippen LogP contribution in [0, 0.1) is 12.8 Å². The molecule has 4 heteroatoms. The Morgan fingerprint density at radius 3 is 2.25 bits per heavy atom. The fourth-order valence-electron chi connectivity index (χ4n) is 3.10. The van der Waals surface area contributed by atoms with Crippen molar-refractivity contribution >= 4 is 11.8 Å². The lowest BCUT2D eigenvalue weighted by atomic mass is 10.0. The lowest BCUT2D eigenvalue weighted by Gasteiger charge is -2.29. The number of nitrogens with zero attached hydrogens (tertiary/aromatic N) is 1. The second-order valence-electron chi connectivity index (χ2n) is 7.74. The highest BCUT2D eigenvalue weighted by Gasteiger charge is 2.26. The van der Waals surface area contributed by atoms with Crippen molar-refractivity contribution in [1.82, 2.24) is 10.2 Å². The van der Waals surface area contributed by atoms with Gasteiger partial charge in [-0.05, 0) is 42.9 Å². The monoisotopic (exact) mass is 380 g/mol. The van der Waals surface area contributed by atoms with Crippen LogP contribution in [0.25, 0.3) is 0 Å². The molecule has 0 saturated carbocycles. The van der Waals surface area contributed by atoms with Crippen molar-refractivity contribution < 1.29 is 9.59 Å². The zero-order chi connectivity index (χ0) is 20.5. The first-order chi connectivity index (χ1) is 13.4. The highest BCUT2D eigenvalue weighted by atomic mass is 16.2. The molecule has 0 aliphatic carbocycles. The number of aryl methyl sites for hydroxylation is 1. The summed E-state index contributed by atoms with van der Waals surface area (Å²) in [5.74, 6) is 0.258. The van der Waals surface area contributed by atoms with Crippen LogP contribution >= 0.6 is 0 Å². The topological polar surface area (TPSA) is 49.4 Å². The molecule has 1 atom stereocenters. The minimum absolute atomic E-state index is 0.0163. The zero-order valence-corrected chi connectivity index (χ0v) is 17.4. The number of rotatable bonds is 9. The summed E-state index contributed by atoms with van der Waals surface area (Å²) in [6.45, 7) is 9.07. The van der Waals surface area contributed by atoms with Crippen molar-refractivity contribution in [2.45, 2.75) is 46.6 Å². The molecule has 1 N–H and O–H groups in total. The number of hydrogen-bond donors (Lipinski definition) is 1. The fourth-order valence-corrected chi connectivity index (χ4v) is 3.10. The number of carbonyl (C=O) groups excluding carboxylic acids is 2. The molecule has 28 heavy (non-hydrogen) atoms. The van der Waals surface area contributed by atoms with E-state index in [0.717, 1.165) is 23.1 Å². The van der Waals surface area contributed by atoms with E-state index in [1.54, 1.807) is 4.90 Å². The predicted octanol–water partition coefficient (Wildman–Crippen LogP) is 3.77. The van der Waals surface area contributed by atoms with Gasteiger partial charge in [-0.15, -0.1) is 0 Å². The second-order valence-corrected chi connectivity index (χ2v) is 7.74. The van der Waals surface area contributed by atoms with Gasteiger partial charge >= 0.3 is 0 Å². The molecule has 0 heterocycles. The maximum absolute atomic E-state index is 13.1. The van der Waals surface area contributed by atoms with Crippen LogP contribution in [-0.4, -0.2) is 35.8 Å². The quantitative estimate of drug-likeness (QED) is 0.720. The number of amides is 2. The smallest absolute Gasteiger partial charge is 0.242 e. The van der Waals surface area contributed by atoms with Crippen molar-refractivity contribution in [3.63, 3.8) is 0 Å². The van der Waals surface area contributed by atoms with Gasteiger partial charge in [-0.25, -0.2) is 0 Å². The van der Waals surface area contributed by atoms with Crippen LogP contribution in [0.15, 0.2) is 54.6 Å². The SMILES string of the molecule is Cc1ccccc1CC(=O)N(CCc1ccccc1)[C@H](C)C(=O)NCC(C)C. The van der Waals surface area contributed by atoms with Crippen LogP contribution in [0.5, 0.6) is 0 Å². The third-order valence-electron chi connectivity index (χ3n) is 4.94. The minimum atomic E-state index is -0.501. The third-order valence-corrected chi connectivity index (χ3v) is 4.94. The molecule has 0 aliphatic rings. The summed E-state index contributed by atoms with van der Waals surface area (Å²) in [5.41, 5.74) is 3.26. The number of hydrogen-bond acceptors (Lipinski definition) is 2. The van der Waals surface area contributed by atoms with E-state index in [0.29, 0.717) is 25.4 Å². The Bertz CT molecular complexity index is 771. The molecule has 2 amide bonds. The molecule has 2 aromatic carbocycles. The van der Waals surface area contributed by atoms with E-state index in [1.807, 2.05) is 68.4 Å². The minimum Gasteiger partial charge on any atom is -0.354 e. The molecular weight excluding hydrogens is 348 g/mol. The van der Waals surface area contributed by atoms with Gasteiger partial charge in [0.05, 0.1) is 6.42 Å². The second kappa shape index (κ2) is 10.6. The number of nitrogens with one attached hydrogen (secondary N) is 1. The summed E-state index contributed by atoms with van der Waals surface area (Å²) >= 11 is 0. The molecule has 2 aromatic rings. The Morgan fingerprint density at radius 1 is 0.964 bits per heavy atom. The van der Waals surface area contributed by atoms with Crippen molar-refractivity contribution in [3.8, 4) is 0 Å². The summed E-state index contributed by atoms with van der Waals surface area (Å²) in [7, 11) is 0. The van der Waals surface area contributed by atoms with Gasteiger partial charge in [-0.1, -0.05) is 68.4 Å². The molecule has 0 aliphatic heterocycles. The van der Waals surface area contributed by atoms with E-state index in [1.165, 1.54) is 0 Å². The van der Waals surface area contributed by atoms with Gasteiger partial charge in [0.1, 0.15) is 6.04 Å². The third kappa shape index (κ3) is 6.52. The van der Waals surface area contributed by atoms with E-state index < -0.39 is 6.04 Å². The molecule has 0 unspecified atom stereocenters. The molecule has 0 bridgehead atoms. The maximum atomic E-state index is 13.1. The van der Waals surface area contributed by atoms with Gasteiger partial charge in [0.2, 0.25) is 11.8 Å². The van der Waals surface area contributed by atoms with Crippen LogP contribution < -0.4 is 5.32 Å². The molecule has 0 spiro atoms. The highest BCUT2D eigenvalue weighted by molar-refractivity contribution is 5.88. The average Bonchev–Trinajstić information content (AvgIpc) is 2.68. The predicted molar refractivity (Wildman–Crippen MR) is 114 cm³/mol. The first-order valence-corrected chi connectivity index (χ1v) is 10.0. The summed E-state index contributed by atoms with van der Waals surface area (Å²) in [6.07, 6.45) is 1.03. The van der Waals surface area contributed by atoms with Gasteiger partial charge in [0.15, 0.2) is 0 Å². The Kier molecular flexibility index (Phi) is 8.24. The van der Waals surface area contributed by atoms with Crippen molar-refractivity contribution in [2.75, 3.05) is 13.1 Å². The number of carbonyl (C=O) groups is 2. The maximum Gasteiger partial charge on any atom is 0.242 e. The normalized spacial score (nSPS) is 11.9. The van der Waals surface area contributed by atoms with Crippen molar-refractivity contribution in [2.24, 2.45) is 5.92 Å². The fraction of sp³-hybridized carbons (Fsp3) is 0.417. The van der Waals surface area contributed by atoms with E-state index in [-0.39, 0.29) is 11.8 Å². The Morgan fingerprint density at radius 2 is 1.61 bits per heavy atom. The van der Waals surface area contributed by atoms with E-state index in [9.17, 15) is 9.59 Å². The van der Waals surface area contributed by atoms with Crippen molar-refractivity contribution in [3.05, 3.63) is 71.3 Å². The van der Waals surface area contributed by atoms with Gasteiger partial charge in [-0.3, -0.25) is 9.59 Å². The number of benzene rings is 2.